The van der Waals surface area contributed by atoms with E-state index in [0.29, 0.717) is 47.1 Å². The maximum atomic E-state index is 15.3. The summed E-state index contributed by atoms with van der Waals surface area (Å²) in [6.07, 6.45) is 3.71. The molecule has 0 unspecified atom stereocenters. The van der Waals surface area contributed by atoms with Crippen molar-refractivity contribution < 1.29 is 39.5 Å². The zero-order valence-electron chi connectivity index (χ0n) is 29.7. The number of phenolic OH excluding ortho intramolecular Hbond substituents is 4. The van der Waals surface area contributed by atoms with E-state index in [9.17, 15) is 25.2 Å². The van der Waals surface area contributed by atoms with Crippen molar-refractivity contribution in [1.29, 1.82) is 0 Å². The van der Waals surface area contributed by atoms with Gasteiger partial charge in [-0.2, -0.15) is 0 Å². The topological polar surface area (TPSA) is 134 Å². The number of fused-ring (bicyclic) bond motifs is 4. The van der Waals surface area contributed by atoms with E-state index in [4.69, 9.17) is 9.47 Å². The molecular weight excluding hydrogens is 608 g/mol. The van der Waals surface area contributed by atoms with E-state index in [1.807, 2.05) is 33.8 Å². The zero-order chi connectivity index (χ0) is 34.9. The molecule has 2 bridgehead atoms. The van der Waals surface area contributed by atoms with Crippen LogP contribution < -0.4 is 0 Å². The van der Waals surface area contributed by atoms with Gasteiger partial charge < -0.3 is 29.9 Å². The molecule has 6 atom stereocenters. The summed E-state index contributed by atoms with van der Waals surface area (Å²) in [4.78, 5) is 29.5. The molecule has 1 heterocycles. The molecule has 2 saturated carbocycles. The minimum Gasteiger partial charge on any atom is -0.504 e. The van der Waals surface area contributed by atoms with Gasteiger partial charge in [0.05, 0.1) is 0 Å². The molecule has 2 aromatic carbocycles. The van der Waals surface area contributed by atoms with Gasteiger partial charge >= 0.3 is 11.9 Å². The summed E-state index contributed by atoms with van der Waals surface area (Å²) in [5.41, 5.74) is 0.244. The van der Waals surface area contributed by atoms with Gasteiger partial charge in [0.25, 0.3) is 0 Å². The van der Waals surface area contributed by atoms with Crippen molar-refractivity contribution in [3.05, 3.63) is 45.5 Å². The Morgan fingerprint density at radius 2 is 1.40 bits per heavy atom. The molecule has 1 aliphatic heterocycles. The fourth-order valence-corrected chi connectivity index (χ4v) is 11.3. The predicted octanol–water partition coefficient (Wildman–Crippen LogP) is 8.05. The molecule has 1 saturated heterocycles. The minimum absolute atomic E-state index is 0.0289. The Kier molecular flexibility index (Phi) is 7.27. The number of hydrogen-bond acceptors (Lipinski definition) is 8. The molecule has 0 aromatic heterocycles. The quantitative estimate of drug-likeness (QED) is 0.191. The first-order valence-corrected chi connectivity index (χ1v) is 18.0. The van der Waals surface area contributed by atoms with Crippen molar-refractivity contribution in [2.45, 2.75) is 142 Å². The molecular formula is C40H52O8. The van der Waals surface area contributed by atoms with Crippen molar-refractivity contribution in [3.8, 4) is 23.0 Å². The van der Waals surface area contributed by atoms with E-state index in [1.165, 1.54) is 0 Å². The third kappa shape index (κ3) is 4.13. The van der Waals surface area contributed by atoms with E-state index in [0.717, 1.165) is 37.7 Å². The van der Waals surface area contributed by atoms with Gasteiger partial charge in [0.2, 0.25) is 0 Å². The van der Waals surface area contributed by atoms with E-state index in [2.05, 4.69) is 27.7 Å². The molecule has 48 heavy (non-hydrogen) atoms. The van der Waals surface area contributed by atoms with Gasteiger partial charge in [-0.25, -0.2) is 0 Å². The molecule has 8 nitrogen and oxygen atoms in total. The fourth-order valence-electron chi connectivity index (χ4n) is 11.3. The Morgan fingerprint density at radius 3 is 2.04 bits per heavy atom. The normalized spacial score (nSPS) is 32.6. The molecule has 3 fully saturated rings. The lowest BCUT2D eigenvalue weighted by molar-refractivity contribution is -0.178. The van der Waals surface area contributed by atoms with Crippen LogP contribution in [0.3, 0.4) is 0 Å². The van der Waals surface area contributed by atoms with Crippen LogP contribution in [0.5, 0.6) is 23.0 Å². The molecule has 0 spiro atoms. The van der Waals surface area contributed by atoms with Gasteiger partial charge in [0, 0.05) is 33.7 Å². The van der Waals surface area contributed by atoms with E-state index in [-0.39, 0.29) is 46.2 Å². The summed E-state index contributed by atoms with van der Waals surface area (Å²) in [5, 5.41) is 46.2. The third-order valence-electron chi connectivity index (χ3n) is 13.4. The number of carbonyl (C=O) groups is 2. The fraction of sp³-hybridized carbons (Fsp3) is 0.650. The Bertz CT molecular complexity index is 1720. The number of carbonyl (C=O) groups excluding carboxylic acids is 2. The first-order valence-electron chi connectivity index (χ1n) is 18.0. The standard InChI is InChI=1S/C40H52O8/c1-19(2)22-17-21-11-12-25-37(5,6)13-9-15-39(25,26(21)30(43)28(22)41)35(45)47-32-24-18-23(20(3)4)29(42)31(44)27(24)40-16-10-14-38(7,8)34(40)33(32)48-36(40)46/h17-20,25,32-34,41-44H,9-16H2,1-8H3/t25-,32-,33+,34-,39+,40-/m0/s1. The van der Waals surface area contributed by atoms with Crippen LogP contribution in [0.25, 0.3) is 0 Å². The van der Waals surface area contributed by atoms with Crippen LogP contribution in [0.2, 0.25) is 0 Å². The van der Waals surface area contributed by atoms with Crippen molar-refractivity contribution >= 4 is 11.9 Å². The number of esters is 2. The second kappa shape index (κ2) is 10.5. The summed E-state index contributed by atoms with van der Waals surface area (Å²) in [6.45, 7) is 16.3. The van der Waals surface area contributed by atoms with Crippen molar-refractivity contribution in [2.75, 3.05) is 0 Å². The number of hydrogen-bond donors (Lipinski definition) is 4. The second-order valence-corrected chi connectivity index (χ2v) is 17.5. The molecule has 4 N–H and O–H groups in total. The minimum atomic E-state index is -1.24. The van der Waals surface area contributed by atoms with E-state index < -0.39 is 46.3 Å². The molecule has 5 aliphatic rings. The Balaban J connectivity index is 1.45. The number of aryl methyl sites for hydroxylation is 1. The molecule has 7 rings (SSSR count). The lowest BCUT2D eigenvalue weighted by Gasteiger charge is -2.55. The molecule has 4 aliphatic carbocycles. The van der Waals surface area contributed by atoms with Gasteiger partial charge in [-0.1, -0.05) is 74.3 Å². The van der Waals surface area contributed by atoms with Crippen LogP contribution in [0.4, 0.5) is 0 Å². The van der Waals surface area contributed by atoms with Crippen LogP contribution in [-0.2, 0) is 36.3 Å². The molecule has 0 amide bonds. The van der Waals surface area contributed by atoms with Crippen LogP contribution in [0, 0.1) is 22.7 Å². The summed E-state index contributed by atoms with van der Waals surface area (Å²) >= 11 is 0. The summed E-state index contributed by atoms with van der Waals surface area (Å²) < 4.78 is 13.1. The number of benzene rings is 2. The predicted molar refractivity (Wildman–Crippen MR) is 180 cm³/mol. The second-order valence-electron chi connectivity index (χ2n) is 17.5. The van der Waals surface area contributed by atoms with Crippen LogP contribution >= 0.6 is 0 Å². The molecule has 0 radical (unpaired) electrons. The van der Waals surface area contributed by atoms with E-state index >= 15 is 4.79 Å². The summed E-state index contributed by atoms with van der Waals surface area (Å²) in [7, 11) is 0. The van der Waals surface area contributed by atoms with Crippen LogP contribution in [0.15, 0.2) is 12.1 Å². The summed E-state index contributed by atoms with van der Waals surface area (Å²) in [6, 6.07) is 3.75. The largest absolute Gasteiger partial charge is 0.504 e. The van der Waals surface area contributed by atoms with Gasteiger partial charge in [-0.3, -0.25) is 9.59 Å². The Morgan fingerprint density at radius 1 is 0.812 bits per heavy atom. The number of phenols is 4. The molecule has 8 heteroatoms. The van der Waals surface area contributed by atoms with Gasteiger partial charge in [-0.15, -0.1) is 0 Å². The average Bonchev–Trinajstić information content (AvgIpc) is 3.26. The number of rotatable bonds is 4. The SMILES string of the molecule is CC(C)c1cc2c(c(O)c1O)[C@@]1(C(=O)O[C@H]3c4cc(C(C)C)c(O)c(O)c4[C@@]45CCCC(C)(C)[C@@H]4[C@@H]3OC5=O)CCCC(C)(C)[C@@H]1CC2. The lowest BCUT2D eigenvalue weighted by atomic mass is 9.48. The van der Waals surface area contributed by atoms with Crippen molar-refractivity contribution in [1.82, 2.24) is 0 Å². The first kappa shape index (κ1) is 33.1. The smallest absolute Gasteiger partial charge is 0.317 e. The highest BCUT2D eigenvalue weighted by atomic mass is 16.6. The highest BCUT2D eigenvalue weighted by molar-refractivity contribution is 5.91. The highest BCUT2D eigenvalue weighted by Crippen LogP contribution is 2.68. The highest BCUT2D eigenvalue weighted by Gasteiger charge is 2.71. The average molecular weight is 661 g/mol. The van der Waals surface area contributed by atoms with Gasteiger partial charge in [0.15, 0.2) is 29.1 Å². The Hall–Kier alpha value is -3.42. The third-order valence-corrected chi connectivity index (χ3v) is 13.4. The summed E-state index contributed by atoms with van der Waals surface area (Å²) in [5.74, 6) is -2.73. The zero-order valence-corrected chi connectivity index (χ0v) is 29.7. The maximum absolute atomic E-state index is 15.3. The molecule has 260 valence electrons. The van der Waals surface area contributed by atoms with Crippen LogP contribution in [0.1, 0.15) is 152 Å². The lowest BCUT2D eigenvalue weighted by Crippen LogP contribution is -2.57. The van der Waals surface area contributed by atoms with E-state index in [1.54, 1.807) is 6.07 Å². The Labute approximate surface area is 283 Å². The van der Waals surface area contributed by atoms with Crippen LogP contribution in [-0.4, -0.2) is 38.5 Å². The van der Waals surface area contributed by atoms with Crippen molar-refractivity contribution in [3.63, 3.8) is 0 Å². The van der Waals surface area contributed by atoms with Crippen molar-refractivity contribution in [2.24, 2.45) is 22.7 Å². The van der Waals surface area contributed by atoms with Gasteiger partial charge in [0.1, 0.15) is 16.9 Å². The monoisotopic (exact) mass is 660 g/mol. The maximum Gasteiger partial charge on any atom is 0.317 e. The molecule has 2 aromatic rings. The first-order chi connectivity index (χ1) is 22.4. The number of aromatic hydroxyl groups is 4. The number of ether oxygens (including phenoxy) is 2. The van der Waals surface area contributed by atoms with Gasteiger partial charge in [-0.05, 0) is 78.7 Å².